The number of carbonyl (C=O) groups excluding carboxylic acids is 1. The quantitative estimate of drug-likeness (QED) is 0.876. The number of nitrogens with two attached hydrogens (primary N) is 2. The predicted molar refractivity (Wildman–Crippen MR) is 74.5 cm³/mol. The molecule has 0 saturated carbocycles. The van der Waals surface area contributed by atoms with Gasteiger partial charge in [-0.15, -0.1) is 0 Å². The van der Waals surface area contributed by atoms with E-state index in [0.29, 0.717) is 24.2 Å². The second-order valence-corrected chi connectivity index (χ2v) is 5.96. The predicted octanol–water partition coefficient (Wildman–Crippen LogP) is 1.38. The minimum absolute atomic E-state index is 0.217. The second-order valence-electron chi connectivity index (χ2n) is 5.96. The van der Waals surface area contributed by atoms with E-state index in [1.165, 1.54) is 6.07 Å². The molecule has 2 aliphatic heterocycles. The molecule has 108 valence electrons. The lowest BCUT2D eigenvalue weighted by atomic mass is 9.97. The number of nitrogens with zero attached hydrogens (tertiary/aromatic N) is 1. The van der Waals surface area contributed by atoms with E-state index < -0.39 is 5.91 Å². The van der Waals surface area contributed by atoms with Crippen LogP contribution in [0.5, 0.6) is 0 Å². The van der Waals surface area contributed by atoms with Gasteiger partial charge in [0.25, 0.3) is 0 Å². The molecule has 4 nitrogen and oxygen atoms in total. The van der Waals surface area contributed by atoms with Crippen LogP contribution in [0.2, 0.25) is 0 Å². The Kier molecular flexibility index (Phi) is 3.48. The number of amides is 1. The van der Waals surface area contributed by atoms with E-state index in [2.05, 4.69) is 4.90 Å². The Balaban J connectivity index is 1.77. The molecule has 4 N–H and O–H groups in total. The molecule has 1 aromatic carbocycles. The Bertz CT molecular complexity index is 520. The third-order valence-corrected chi connectivity index (χ3v) is 4.61. The zero-order valence-electron chi connectivity index (χ0n) is 11.4. The van der Waals surface area contributed by atoms with Crippen molar-refractivity contribution in [3.63, 3.8) is 0 Å². The highest BCUT2D eigenvalue weighted by Crippen LogP contribution is 2.36. The summed E-state index contributed by atoms with van der Waals surface area (Å²) in [5.74, 6) is -0.949. The monoisotopic (exact) mass is 277 g/mol. The van der Waals surface area contributed by atoms with E-state index in [-0.39, 0.29) is 17.4 Å². The molecular weight excluding hydrogens is 257 g/mol. The fourth-order valence-corrected chi connectivity index (χ4v) is 3.60. The van der Waals surface area contributed by atoms with Gasteiger partial charge in [-0.05, 0) is 37.8 Å². The third kappa shape index (κ3) is 2.43. The van der Waals surface area contributed by atoms with Gasteiger partial charge in [0.05, 0.1) is 0 Å². The molecule has 2 bridgehead atoms. The van der Waals surface area contributed by atoms with Crippen molar-refractivity contribution in [2.45, 2.75) is 50.4 Å². The molecule has 2 fully saturated rings. The lowest BCUT2D eigenvalue weighted by molar-refractivity contribution is 0.0999. The van der Waals surface area contributed by atoms with E-state index in [0.717, 1.165) is 25.7 Å². The van der Waals surface area contributed by atoms with Crippen molar-refractivity contribution in [2.24, 2.45) is 11.5 Å². The molecule has 2 atom stereocenters. The van der Waals surface area contributed by atoms with Crippen LogP contribution in [0.15, 0.2) is 18.2 Å². The molecule has 2 aliphatic rings. The summed E-state index contributed by atoms with van der Waals surface area (Å²) in [5.41, 5.74) is 12.0. The van der Waals surface area contributed by atoms with Crippen LogP contribution >= 0.6 is 0 Å². The van der Waals surface area contributed by atoms with Gasteiger partial charge in [0, 0.05) is 35.8 Å². The second kappa shape index (κ2) is 5.14. The summed E-state index contributed by atoms with van der Waals surface area (Å²) in [6.07, 6.45) is 4.30. The first-order valence-corrected chi connectivity index (χ1v) is 7.14. The Morgan fingerprint density at radius 3 is 2.50 bits per heavy atom. The van der Waals surface area contributed by atoms with Crippen LogP contribution in [-0.2, 0) is 6.54 Å². The summed E-state index contributed by atoms with van der Waals surface area (Å²) in [6.45, 7) is 0.590. The SMILES string of the molecule is NC(=O)c1ccc(CN2C3CCC2CC(N)C3)c(F)c1. The Hall–Kier alpha value is -1.46. The van der Waals surface area contributed by atoms with E-state index in [1.807, 2.05) is 0 Å². The maximum atomic E-state index is 14.1. The summed E-state index contributed by atoms with van der Waals surface area (Å²) in [4.78, 5) is 13.4. The van der Waals surface area contributed by atoms with Crippen LogP contribution < -0.4 is 11.5 Å². The average Bonchev–Trinajstić information content (AvgIpc) is 2.63. The number of primary amides is 1. The Morgan fingerprint density at radius 1 is 1.30 bits per heavy atom. The summed E-state index contributed by atoms with van der Waals surface area (Å²) in [7, 11) is 0. The summed E-state index contributed by atoms with van der Waals surface area (Å²) in [6, 6.07) is 5.72. The van der Waals surface area contributed by atoms with E-state index in [4.69, 9.17) is 11.5 Å². The highest BCUT2D eigenvalue weighted by atomic mass is 19.1. The number of rotatable bonds is 3. The van der Waals surface area contributed by atoms with Crippen molar-refractivity contribution < 1.29 is 9.18 Å². The van der Waals surface area contributed by atoms with Crippen LogP contribution in [0.1, 0.15) is 41.6 Å². The van der Waals surface area contributed by atoms with E-state index in [1.54, 1.807) is 12.1 Å². The highest BCUT2D eigenvalue weighted by molar-refractivity contribution is 5.92. The van der Waals surface area contributed by atoms with Gasteiger partial charge in [0.1, 0.15) is 5.82 Å². The number of carbonyl (C=O) groups is 1. The molecule has 1 amide bonds. The van der Waals surface area contributed by atoms with Gasteiger partial charge in [-0.3, -0.25) is 9.69 Å². The lowest BCUT2D eigenvalue weighted by Gasteiger charge is -2.37. The normalized spacial score (nSPS) is 29.6. The smallest absolute Gasteiger partial charge is 0.248 e. The van der Waals surface area contributed by atoms with Crippen molar-refractivity contribution in [3.05, 3.63) is 35.1 Å². The third-order valence-electron chi connectivity index (χ3n) is 4.61. The zero-order chi connectivity index (χ0) is 14.3. The lowest BCUT2D eigenvalue weighted by Crippen LogP contribution is -2.46. The number of halogens is 1. The first kappa shape index (κ1) is 13.5. The Labute approximate surface area is 117 Å². The molecular formula is C15H20FN3O. The highest BCUT2D eigenvalue weighted by Gasteiger charge is 2.39. The van der Waals surface area contributed by atoms with Crippen LogP contribution in [0, 0.1) is 5.82 Å². The molecule has 2 unspecified atom stereocenters. The van der Waals surface area contributed by atoms with Crippen LogP contribution in [0.4, 0.5) is 4.39 Å². The maximum Gasteiger partial charge on any atom is 0.248 e. The molecule has 0 aliphatic carbocycles. The fourth-order valence-electron chi connectivity index (χ4n) is 3.60. The largest absolute Gasteiger partial charge is 0.366 e. The van der Waals surface area contributed by atoms with Crippen molar-refractivity contribution >= 4 is 5.91 Å². The topological polar surface area (TPSA) is 72.4 Å². The van der Waals surface area contributed by atoms with Gasteiger partial charge in [0.2, 0.25) is 5.91 Å². The van der Waals surface area contributed by atoms with Crippen molar-refractivity contribution in [3.8, 4) is 0 Å². The van der Waals surface area contributed by atoms with E-state index in [9.17, 15) is 9.18 Å². The average molecular weight is 277 g/mol. The van der Waals surface area contributed by atoms with Gasteiger partial charge in [-0.2, -0.15) is 0 Å². The zero-order valence-corrected chi connectivity index (χ0v) is 11.4. The Morgan fingerprint density at radius 2 is 1.95 bits per heavy atom. The summed E-state index contributed by atoms with van der Waals surface area (Å²) < 4.78 is 14.1. The van der Waals surface area contributed by atoms with Crippen molar-refractivity contribution in [1.29, 1.82) is 0 Å². The van der Waals surface area contributed by atoms with E-state index >= 15 is 0 Å². The number of hydrogen-bond acceptors (Lipinski definition) is 3. The van der Waals surface area contributed by atoms with Crippen LogP contribution in [0.3, 0.4) is 0 Å². The summed E-state index contributed by atoms with van der Waals surface area (Å²) >= 11 is 0. The van der Waals surface area contributed by atoms with Crippen LogP contribution in [0.25, 0.3) is 0 Å². The van der Waals surface area contributed by atoms with Crippen LogP contribution in [-0.4, -0.2) is 28.9 Å². The van der Waals surface area contributed by atoms with Gasteiger partial charge in [-0.25, -0.2) is 4.39 Å². The minimum atomic E-state index is -0.598. The first-order chi connectivity index (χ1) is 9.54. The van der Waals surface area contributed by atoms with Gasteiger partial charge in [-0.1, -0.05) is 6.07 Å². The standard InChI is InChI=1S/C15H20FN3O/c16-14-5-9(15(18)20)1-2-10(14)8-19-12-3-4-13(19)7-11(17)6-12/h1-2,5,11-13H,3-4,6-8,17H2,(H2,18,20). The molecule has 0 radical (unpaired) electrons. The number of fused-ring (bicyclic) bond motifs is 2. The minimum Gasteiger partial charge on any atom is -0.366 e. The molecule has 5 heteroatoms. The van der Waals surface area contributed by atoms with Crippen molar-refractivity contribution in [2.75, 3.05) is 0 Å². The number of piperidine rings is 1. The summed E-state index contributed by atoms with van der Waals surface area (Å²) in [5, 5.41) is 0. The molecule has 1 aromatic rings. The molecule has 2 saturated heterocycles. The number of hydrogen-bond donors (Lipinski definition) is 2. The molecule has 2 heterocycles. The molecule has 20 heavy (non-hydrogen) atoms. The maximum absolute atomic E-state index is 14.1. The van der Waals surface area contributed by atoms with Crippen molar-refractivity contribution in [1.82, 2.24) is 4.90 Å². The fraction of sp³-hybridized carbons (Fsp3) is 0.533. The number of benzene rings is 1. The molecule has 0 spiro atoms. The van der Waals surface area contributed by atoms with Gasteiger partial charge in [0.15, 0.2) is 0 Å². The van der Waals surface area contributed by atoms with Gasteiger partial charge >= 0.3 is 0 Å². The van der Waals surface area contributed by atoms with Gasteiger partial charge < -0.3 is 11.5 Å². The molecule has 0 aromatic heterocycles. The molecule has 3 rings (SSSR count). The first-order valence-electron chi connectivity index (χ1n) is 7.14.